The molecule has 2 aliphatic heterocycles. The van der Waals surface area contributed by atoms with Crippen LogP contribution in [0.15, 0.2) is 0 Å². The van der Waals surface area contributed by atoms with Crippen molar-refractivity contribution < 1.29 is 14.3 Å². The molecular weight excluding hydrogens is 284 g/mol. The van der Waals surface area contributed by atoms with Crippen molar-refractivity contribution in [2.24, 2.45) is 0 Å². The normalized spacial score (nSPS) is 20.1. The molecular formula is C15H28N4O3. The minimum Gasteiger partial charge on any atom is -0.378 e. The summed E-state index contributed by atoms with van der Waals surface area (Å²) in [6.45, 7) is 11.5. The van der Waals surface area contributed by atoms with Gasteiger partial charge in [-0.3, -0.25) is 9.69 Å². The van der Waals surface area contributed by atoms with Crippen LogP contribution in [0.5, 0.6) is 0 Å². The van der Waals surface area contributed by atoms with E-state index in [0.29, 0.717) is 45.9 Å². The van der Waals surface area contributed by atoms with Gasteiger partial charge in [-0.1, -0.05) is 0 Å². The van der Waals surface area contributed by atoms with E-state index in [1.165, 1.54) is 0 Å². The zero-order chi connectivity index (χ0) is 15.9. The second-order valence-corrected chi connectivity index (χ2v) is 5.71. The molecule has 0 aromatic heterocycles. The second kappa shape index (κ2) is 8.33. The van der Waals surface area contributed by atoms with E-state index in [1.54, 1.807) is 0 Å². The molecule has 7 nitrogen and oxygen atoms in total. The summed E-state index contributed by atoms with van der Waals surface area (Å²) in [4.78, 5) is 32.3. The summed E-state index contributed by atoms with van der Waals surface area (Å²) in [7, 11) is 0. The SMILES string of the molecule is CCN(CC)C(=O)CN1CCN(C(=O)N2CCOCC2)CC1. The Morgan fingerprint density at radius 3 is 2.00 bits per heavy atom. The number of hydrogen-bond donors (Lipinski definition) is 0. The van der Waals surface area contributed by atoms with Crippen LogP contribution in [0.1, 0.15) is 13.8 Å². The third-order valence-corrected chi connectivity index (χ3v) is 4.40. The average Bonchev–Trinajstić information content (AvgIpc) is 2.57. The second-order valence-electron chi connectivity index (χ2n) is 5.71. The lowest BCUT2D eigenvalue weighted by atomic mass is 10.3. The van der Waals surface area contributed by atoms with Gasteiger partial charge in [0.15, 0.2) is 0 Å². The molecule has 2 saturated heterocycles. The Hall–Kier alpha value is -1.34. The molecule has 0 spiro atoms. The fourth-order valence-electron chi connectivity index (χ4n) is 2.92. The number of ether oxygens (including phenoxy) is 1. The maximum atomic E-state index is 12.4. The van der Waals surface area contributed by atoms with E-state index < -0.39 is 0 Å². The van der Waals surface area contributed by atoms with Crippen molar-refractivity contribution in [3.63, 3.8) is 0 Å². The van der Waals surface area contributed by atoms with Crippen LogP contribution in [0.2, 0.25) is 0 Å². The standard InChI is InChI=1S/C15H28N4O3/c1-3-17(4-2)14(20)13-16-5-7-18(8-6-16)15(21)19-9-11-22-12-10-19/h3-13H2,1-2H3. The van der Waals surface area contributed by atoms with Crippen LogP contribution in [0.25, 0.3) is 0 Å². The topological polar surface area (TPSA) is 56.3 Å². The van der Waals surface area contributed by atoms with Gasteiger partial charge in [0, 0.05) is 52.4 Å². The van der Waals surface area contributed by atoms with Crippen LogP contribution in [-0.4, -0.2) is 104 Å². The van der Waals surface area contributed by atoms with Gasteiger partial charge in [-0.25, -0.2) is 4.79 Å². The minimum absolute atomic E-state index is 0.109. The van der Waals surface area contributed by atoms with E-state index in [4.69, 9.17) is 4.74 Å². The van der Waals surface area contributed by atoms with E-state index in [9.17, 15) is 9.59 Å². The molecule has 0 aliphatic carbocycles. The summed E-state index contributed by atoms with van der Waals surface area (Å²) in [5, 5.41) is 0. The van der Waals surface area contributed by atoms with Crippen molar-refractivity contribution in [2.75, 3.05) is 72.1 Å². The maximum Gasteiger partial charge on any atom is 0.320 e. The first kappa shape index (κ1) is 17.0. The van der Waals surface area contributed by atoms with Gasteiger partial charge in [-0.2, -0.15) is 0 Å². The highest BCUT2D eigenvalue weighted by molar-refractivity contribution is 5.78. The molecule has 0 bridgehead atoms. The van der Waals surface area contributed by atoms with E-state index in [1.807, 2.05) is 28.5 Å². The van der Waals surface area contributed by atoms with Crippen LogP contribution in [0, 0.1) is 0 Å². The highest BCUT2D eigenvalue weighted by Gasteiger charge is 2.27. The first-order valence-corrected chi connectivity index (χ1v) is 8.27. The largest absolute Gasteiger partial charge is 0.378 e. The van der Waals surface area contributed by atoms with Gasteiger partial charge in [-0.15, -0.1) is 0 Å². The molecule has 0 radical (unpaired) electrons. The first-order valence-electron chi connectivity index (χ1n) is 8.27. The summed E-state index contributed by atoms with van der Waals surface area (Å²) >= 11 is 0. The number of amides is 3. The van der Waals surface area contributed by atoms with Gasteiger partial charge >= 0.3 is 6.03 Å². The van der Waals surface area contributed by atoms with E-state index in [0.717, 1.165) is 26.2 Å². The monoisotopic (exact) mass is 312 g/mol. The third-order valence-electron chi connectivity index (χ3n) is 4.40. The molecule has 0 saturated carbocycles. The van der Waals surface area contributed by atoms with Gasteiger partial charge in [0.05, 0.1) is 19.8 Å². The third kappa shape index (κ3) is 4.33. The number of carbonyl (C=O) groups is 2. The quantitative estimate of drug-likeness (QED) is 0.729. The summed E-state index contributed by atoms with van der Waals surface area (Å²) in [6.07, 6.45) is 0. The number of likely N-dealkylation sites (N-methyl/N-ethyl adjacent to an activating group) is 1. The Labute approximate surface area is 132 Å². The van der Waals surface area contributed by atoms with E-state index in [2.05, 4.69) is 4.90 Å². The maximum absolute atomic E-state index is 12.4. The van der Waals surface area contributed by atoms with Crippen LogP contribution in [0.3, 0.4) is 0 Å². The van der Waals surface area contributed by atoms with E-state index in [-0.39, 0.29) is 11.9 Å². The number of carbonyl (C=O) groups excluding carboxylic acids is 2. The van der Waals surface area contributed by atoms with Crippen molar-refractivity contribution >= 4 is 11.9 Å². The van der Waals surface area contributed by atoms with Crippen LogP contribution in [0.4, 0.5) is 4.79 Å². The highest BCUT2D eigenvalue weighted by atomic mass is 16.5. The zero-order valence-electron chi connectivity index (χ0n) is 13.8. The van der Waals surface area contributed by atoms with Gasteiger partial charge in [0.2, 0.25) is 5.91 Å². The Balaban J connectivity index is 1.75. The van der Waals surface area contributed by atoms with Crippen molar-refractivity contribution in [3.05, 3.63) is 0 Å². The lowest BCUT2D eigenvalue weighted by Crippen LogP contribution is -2.55. The number of urea groups is 1. The smallest absolute Gasteiger partial charge is 0.320 e. The molecule has 0 aromatic rings. The molecule has 126 valence electrons. The Morgan fingerprint density at radius 2 is 1.45 bits per heavy atom. The lowest BCUT2D eigenvalue weighted by molar-refractivity contribution is -0.132. The molecule has 0 atom stereocenters. The molecule has 0 unspecified atom stereocenters. The summed E-state index contributed by atoms with van der Waals surface area (Å²) in [6, 6.07) is 0.109. The Bertz CT molecular complexity index is 373. The zero-order valence-corrected chi connectivity index (χ0v) is 13.8. The first-order chi connectivity index (χ1) is 10.7. The van der Waals surface area contributed by atoms with Crippen LogP contribution < -0.4 is 0 Å². The molecule has 0 aromatic carbocycles. The lowest BCUT2D eigenvalue weighted by Gasteiger charge is -2.38. The number of morpholine rings is 1. The minimum atomic E-state index is 0.109. The summed E-state index contributed by atoms with van der Waals surface area (Å²) < 4.78 is 5.28. The van der Waals surface area contributed by atoms with Gasteiger partial charge in [0.25, 0.3) is 0 Å². The van der Waals surface area contributed by atoms with Crippen molar-refractivity contribution in [3.8, 4) is 0 Å². The molecule has 0 N–H and O–H groups in total. The highest BCUT2D eigenvalue weighted by Crippen LogP contribution is 2.08. The number of piperazine rings is 1. The Morgan fingerprint density at radius 1 is 0.909 bits per heavy atom. The Kier molecular flexibility index (Phi) is 6.45. The number of rotatable bonds is 4. The predicted molar refractivity (Wildman–Crippen MR) is 83.7 cm³/mol. The number of nitrogens with zero attached hydrogens (tertiary/aromatic N) is 4. The molecule has 3 amide bonds. The van der Waals surface area contributed by atoms with Gasteiger partial charge < -0.3 is 19.4 Å². The molecule has 2 rings (SSSR count). The molecule has 7 heteroatoms. The fraction of sp³-hybridized carbons (Fsp3) is 0.867. The van der Waals surface area contributed by atoms with Crippen molar-refractivity contribution in [2.45, 2.75) is 13.8 Å². The molecule has 22 heavy (non-hydrogen) atoms. The van der Waals surface area contributed by atoms with Crippen molar-refractivity contribution in [1.82, 2.24) is 19.6 Å². The fourth-order valence-corrected chi connectivity index (χ4v) is 2.92. The average molecular weight is 312 g/mol. The number of hydrogen-bond acceptors (Lipinski definition) is 4. The summed E-state index contributed by atoms with van der Waals surface area (Å²) in [5.74, 6) is 0.179. The predicted octanol–water partition coefficient (Wildman–Crippen LogP) is -0.0754. The molecule has 2 aliphatic rings. The molecule has 2 heterocycles. The van der Waals surface area contributed by atoms with E-state index >= 15 is 0 Å². The molecule has 2 fully saturated rings. The summed E-state index contributed by atoms with van der Waals surface area (Å²) in [5.41, 5.74) is 0. The van der Waals surface area contributed by atoms with Crippen LogP contribution >= 0.6 is 0 Å². The van der Waals surface area contributed by atoms with Gasteiger partial charge in [-0.05, 0) is 13.8 Å². The van der Waals surface area contributed by atoms with Crippen molar-refractivity contribution in [1.29, 1.82) is 0 Å². The van der Waals surface area contributed by atoms with Gasteiger partial charge in [0.1, 0.15) is 0 Å². The van der Waals surface area contributed by atoms with Crippen LogP contribution in [-0.2, 0) is 9.53 Å².